The molecule has 1 heterocycles. The van der Waals surface area contributed by atoms with E-state index in [2.05, 4.69) is 10.6 Å². The van der Waals surface area contributed by atoms with E-state index in [0.717, 1.165) is 6.42 Å². The van der Waals surface area contributed by atoms with E-state index in [9.17, 15) is 9.59 Å². The van der Waals surface area contributed by atoms with Crippen LogP contribution in [0.5, 0.6) is 0 Å². The second-order valence-corrected chi connectivity index (χ2v) is 3.27. The van der Waals surface area contributed by atoms with Gasteiger partial charge in [0.05, 0.1) is 19.2 Å². The zero-order chi connectivity index (χ0) is 11.3. The smallest absolute Gasteiger partial charge is 0.334 e. The zero-order valence-corrected chi connectivity index (χ0v) is 8.10. The van der Waals surface area contributed by atoms with Gasteiger partial charge >= 0.3 is 12.0 Å². The lowest BCUT2D eigenvalue weighted by atomic mass is 10.3. The highest BCUT2D eigenvalue weighted by molar-refractivity contribution is 5.76. The molecule has 15 heavy (non-hydrogen) atoms. The van der Waals surface area contributed by atoms with Crippen LogP contribution in [0.15, 0.2) is 0 Å². The van der Waals surface area contributed by atoms with Gasteiger partial charge in [-0.1, -0.05) is 0 Å². The Labute approximate surface area is 86.4 Å². The third-order valence-electron chi connectivity index (χ3n) is 2.01. The minimum absolute atomic E-state index is 0.0352. The van der Waals surface area contributed by atoms with E-state index in [0.29, 0.717) is 13.2 Å². The van der Waals surface area contributed by atoms with E-state index in [-0.39, 0.29) is 12.6 Å². The van der Waals surface area contributed by atoms with Crippen LogP contribution >= 0.6 is 0 Å². The summed E-state index contributed by atoms with van der Waals surface area (Å²) in [6.07, 6.45) is -0.829. The molecule has 0 bridgehead atoms. The summed E-state index contributed by atoms with van der Waals surface area (Å²) < 4.78 is 5.04. The van der Waals surface area contributed by atoms with E-state index in [1.165, 1.54) is 0 Å². The molecule has 1 unspecified atom stereocenters. The molecule has 1 aliphatic rings. The standard InChI is InChI=1S/C8H14N2O5/c11-6(7(12)13)3-9-8(14)10-5-1-2-15-4-5/h5-6,11H,1-4H2,(H,12,13)(H2,9,10,14)/t5?,6-/m0/s1. The van der Waals surface area contributed by atoms with Crippen LogP contribution in [0.1, 0.15) is 6.42 Å². The molecule has 2 amide bonds. The lowest BCUT2D eigenvalue weighted by Crippen LogP contribution is -2.46. The number of aliphatic hydroxyl groups is 1. The van der Waals surface area contributed by atoms with Gasteiger partial charge in [0.15, 0.2) is 6.10 Å². The quantitative estimate of drug-likeness (QED) is 0.460. The summed E-state index contributed by atoms with van der Waals surface area (Å²) in [6, 6.07) is -0.530. The van der Waals surface area contributed by atoms with Crippen molar-refractivity contribution in [2.45, 2.75) is 18.6 Å². The van der Waals surface area contributed by atoms with Crippen molar-refractivity contribution in [3.63, 3.8) is 0 Å². The Morgan fingerprint density at radius 2 is 2.27 bits per heavy atom. The molecule has 86 valence electrons. The minimum Gasteiger partial charge on any atom is -0.479 e. The lowest BCUT2D eigenvalue weighted by molar-refractivity contribution is -0.146. The molecule has 1 aliphatic heterocycles. The van der Waals surface area contributed by atoms with Crippen molar-refractivity contribution >= 4 is 12.0 Å². The fourth-order valence-electron chi connectivity index (χ4n) is 1.16. The molecule has 4 N–H and O–H groups in total. The van der Waals surface area contributed by atoms with Crippen LogP contribution < -0.4 is 10.6 Å². The molecule has 0 aromatic rings. The molecule has 1 fully saturated rings. The maximum atomic E-state index is 11.1. The second-order valence-electron chi connectivity index (χ2n) is 3.27. The highest BCUT2D eigenvalue weighted by atomic mass is 16.5. The Morgan fingerprint density at radius 3 is 2.80 bits per heavy atom. The monoisotopic (exact) mass is 218 g/mol. The van der Waals surface area contributed by atoms with Gasteiger partial charge in [0.1, 0.15) is 0 Å². The number of hydrogen-bond acceptors (Lipinski definition) is 4. The van der Waals surface area contributed by atoms with Crippen molar-refractivity contribution in [2.75, 3.05) is 19.8 Å². The number of urea groups is 1. The van der Waals surface area contributed by atoms with Crippen LogP contribution in [0.25, 0.3) is 0 Å². The minimum atomic E-state index is -1.57. The van der Waals surface area contributed by atoms with Gasteiger partial charge in [-0.05, 0) is 6.42 Å². The number of rotatable bonds is 4. The topological polar surface area (TPSA) is 108 Å². The van der Waals surface area contributed by atoms with E-state index < -0.39 is 18.1 Å². The molecule has 2 atom stereocenters. The summed E-state index contributed by atoms with van der Waals surface area (Å²) in [7, 11) is 0. The van der Waals surface area contributed by atoms with Crippen LogP contribution in [-0.4, -0.2) is 54.1 Å². The van der Waals surface area contributed by atoms with Gasteiger partial charge in [0, 0.05) is 6.61 Å². The lowest BCUT2D eigenvalue weighted by Gasteiger charge is -2.12. The Kier molecular flexibility index (Phi) is 4.32. The van der Waals surface area contributed by atoms with Gasteiger partial charge < -0.3 is 25.6 Å². The van der Waals surface area contributed by atoms with Crippen LogP contribution in [0, 0.1) is 0 Å². The van der Waals surface area contributed by atoms with E-state index >= 15 is 0 Å². The summed E-state index contributed by atoms with van der Waals surface area (Å²) in [6.45, 7) is 0.770. The average Bonchev–Trinajstić information content (AvgIpc) is 2.66. The Balaban J connectivity index is 2.15. The fourth-order valence-corrected chi connectivity index (χ4v) is 1.16. The summed E-state index contributed by atoms with van der Waals surface area (Å²) in [5.41, 5.74) is 0. The predicted molar refractivity (Wildman–Crippen MR) is 49.4 cm³/mol. The van der Waals surface area contributed by atoms with Gasteiger partial charge in [-0.3, -0.25) is 0 Å². The molecule has 0 aromatic carbocycles. The molecule has 0 aromatic heterocycles. The Hall–Kier alpha value is -1.34. The summed E-state index contributed by atoms with van der Waals surface area (Å²) in [5, 5.41) is 22.1. The third kappa shape index (κ3) is 4.13. The number of aliphatic carboxylic acids is 1. The van der Waals surface area contributed by atoms with Gasteiger partial charge in [-0.2, -0.15) is 0 Å². The highest BCUT2D eigenvalue weighted by Gasteiger charge is 2.19. The third-order valence-corrected chi connectivity index (χ3v) is 2.01. The Bertz CT molecular complexity index is 239. The maximum Gasteiger partial charge on any atom is 0.334 e. The van der Waals surface area contributed by atoms with Crippen LogP contribution in [-0.2, 0) is 9.53 Å². The molecule has 0 aliphatic carbocycles. The van der Waals surface area contributed by atoms with E-state index in [4.69, 9.17) is 14.9 Å². The first kappa shape index (κ1) is 11.7. The van der Waals surface area contributed by atoms with Crippen molar-refractivity contribution in [1.82, 2.24) is 10.6 Å². The second kappa shape index (κ2) is 5.52. The summed E-state index contributed by atoms with van der Waals surface area (Å²) >= 11 is 0. The first-order valence-corrected chi connectivity index (χ1v) is 4.62. The van der Waals surface area contributed by atoms with Gasteiger partial charge in [-0.15, -0.1) is 0 Å². The molecule has 7 heteroatoms. The van der Waals surface area contributed by atoms with Crippen molar-refractivity contribution < 1.29 is 24.5 Å². The van der Waals surface area contributed by atoms with Gasteiger partial charge in [0.25, 0.3) is 0 Å². The Morgan fingerprint density at radius 1 is 1.53 bits per heavy atom. The first-order chi connectivity index (χ1) is 7.09. The molecular formula is C8H14N2O5. The molecule has 7 nitrogen and oxygen atoms in total. The molecule has 0 saturated carbocycles. The highest BCUT2D eigenvalue weighted by Crippen LogP contribution is 2.02. The van der Waals surface area contributed by atoms with E-state index in [1.54, 1.807) is 0 Å². The first-order valence-electron chi connectivity index (χ1n) is 4.62. The zero-order valence-electron chi connectivity index (χ0n) is 8.10. The van der Waals surface area contributed by atoms with E-state index in [1.807, 2.05) is 0 Å². The molecule has 0 radical (unpaired) electrons. The number of carbonyl (C=O) groups excluding carboxylic acids is 1. The van der Waals surface area contributed by atoms with Gasteiger partial charge in [0.2, 0.25) is 0 Å². The number of hydrogen-bond donors (Lipinski definition) is 4. The number of ether oxygens (including phenoxy) is 1. The normalized spacial score (nSPS) is 22.1. The number of amides is 2. The summed E-state index contributed by atoms with van der Waals surface area (Å²) in [4.78, 5) is 21.4. The van der Waals surface area contributed by atoms with Gasteiger partial charge in [-0.25, -0.2) is 9.59 Å². The average molecular weight is 218 g/mol. The largest absolute Gasteiger partial charge is 0.479 e. The molecule has 1 saturated heterocycles. The van der Waals surface area contributed by atoms with Crippen LogP contribution in [0.2, 0.25) is 0 Å². The maximum absolute atomic E-state index is 11.1. The van der Waals surface area contributed by atoms with Crippen molar-refractivity contribution in [1.29, 1.82) is 0 Å². The molecule has 1 rings (SSSR count). The number of carbonyl (C=O) groups is 2. The van der Waals surface area contributed by atoms with Crippen LogP contribution in [0.4, 0.5) is 4.79 Å². The molecular weight excluding hydrogens is 204 g/mol. The number of carboxylic acid groups (broad SMARTS) is 1. The van der Waals surface area contributed by atoms with Crippen molar-refractivity contribution in [3.05, 3.63) is 0 Å². The predicted octanol–water partition coefficient (Wildman–Crippen LogP) is -1.48. The number of nitrogens with one attached hydrogen (secondary N) is 2. The number of aliphatic hydroxyl groups excluding tert-OH is 1. The van der Waals surface area contributed by atoms with Crippen LogP contribution in [0.3, 0.4) is 0 Å². The van der Waals surface area contributed by atoms with Crippen molar-refractivity contribution in [2.24, 2.45) is 0 Å². The number of carboxylic acids is 1. The summed E-state index contributed by atoms with van der Waals surface area (Å²) in [5.74, 6) is -1.36. The SMILES string of the molecule is O=C(NC[C@H](O)C(=O)O)NC1CCOC1. The molecule has 0 spiro atoms. The van der Waals surface area contributed by atoms with Crippen molar-refractivity contribution in [3.8, 4) is 0 Å². The fraction of sp³-hybridized carbons (Fsp3) is 0.750.